The van der Waals surface area contributed by atoms with Crippen molar-refractivity contribution >= 4 is 27.7 Å². The molecule has 0 atom stereocenters. The molecule has 2 amide bonds. The number of rotatable bonds is 8. The first-order valence-electron chi connectivity index (χ1n) is 9.50. The fourth-order valence-electron chi connectivity index (χ4n) is 2.94. The van der Waals surface area contributed by atoms with E-state index in [0.29, 0.717) is 29.8 Å². The molecule has 0 saturated heterocycles. The molecule has 0 aliphatic rings. The van der Waals surface area contributed by atoms with Crippen LogP contribution in [0.3, 0.4) is 0 Å². The van der Waals surface area contributed by atoms with Crippen LogP contribution >= 0.6 is 15.9 Å². The van der Waals surface area contributed by atoms with Crippen LogP contribution in [-0.2, 0) is 11.2 Å². The van der Waals surface area contributed by atoms with Crippen molar-refractivity contribution in [2.24, 2.45) is 0 Å². The third-order valence-corrected chi connectivity index (χ3v) is 5.10. The van der Waals surface area contributed by atoms with Crippen molar-refractivity contribution in [1.82, 2.24) is 20.4 Å². The maximum absolute atomic E-state index is 13.3. The largest absolute Gasteiger partial charge is 0.344 e. The summed E-state index contributed by atoms with van der Waals surface area (Å²) < 4.78 is 14.2. The van der Waals surface area contributed by atoms with Gasteiger partial charge in [-0.1, -0.05) is 34.1 Å². The summed E-state index contributed by atoms with van der Waals surface area (Å²) in [4.78, 5) is 26.0. The minimum Gasteiger partial charge on any atom is -0.344 e. The van der Waals surface area contributed by atoms with Crippen LogP contribution in [0.1, 0.15) is 22.5 Å². The number of benzene rings is 2. The second-order valence-corrected chi connectivity index (χ2v) is 7.82. The van der Waals surface area contributed by atoms with Gasteiger partial charge in [0.2, 0.25) is 5.91 Å². The first-order valence-corrected chi connectivity index (χ1v) is 10.3. The topological polar surface area (TPSA) is 78.1 Å². The van der Waals surface area contributed by atoms with Crippen LogP contribution in [0.5, 0.6) is 0 Å². The lowest BCUT2D eigenvalue weighted by Gasteiger charge is -2.17. The van der Waals surface area contributed by atoms with Crippen molar-refractivity contribution in [3.05, 3.63) is 76.1 Å². The van der Waals surface area contributed by atoms with Gasteiger partial charge in [-0.2, -0.15) is 5.10 Å². The molecule has 0 radical (unpaired) electrons. The predicted octanol–water partition coefficient (Wildman–Crippen LogP) is 3.80. The van der Waals surface area contributed by atoms with E-state index >= 15 is 0 Å². The fraction of sp³-hybridized carbons (Fsp3) is 0.227. The zero-order valence-electron chi connectivity index (χ0n) is 16.5. The number of aromatic amines is 1. The number of H-pyrrole nitrogens is 1. The number of hydrogen-bond donors (Lipinski definition) is 2. The van der Waals surface area contributed by atoms with Crippen LogP contribution in [-0.4, -0.2) is 47.0 Å². The Kier molecular flexibility index (Phi) is 7.35. The van der Waals surface area contributed by atoms with E-state index in [2.05, 4.69) is 31.4 Å². The molecule has 0 aliphatic carbocycles. The fourth-order valence-corrected chi connectivity index (χ4v) is 3.34. The van der Waals surface area contributed by atoms with Crippen molar-refractivity contribution in [1.29, 1.82) is 0 Å². The van der Waals surface area contributed by atoms with Gasteiger partial charge < -0.3 is 10.2 Å². The maximum atomic E-state index is 13.3. The molecule has 1 heterocycles. The molecule has 0 aliphatic heterocycles. The first-order chi connectivity index (χ1) is 14.4. The van der Waals surface area contributed by atoms with Crippen LogP contribution in [0.15, 0.2) is 59.1 Å². The molecule has 3 aromatic rings. The third kappa shape index (κ3) is 6.00. The molecule has 2 N–H and O–H groups in total. The van der Waals surface area contributed by atoms with Crippen molar-refractivity contribution in [3.63, 3.8) is 0 Å². The minimum absolute atomic E-state index is 0.0599. The summed E-state index contributed by atoms with van der Waals surface area (Å²) in [5.74, 6) is -0.757. The van der Waals surface area contributed by atoms with Gasteiger partial charge in [0.15, 0.2) is 0 Å². The van der Waals surface area contributed by atoms with Crippen molar-refractivity contribution < 1.29 is 14.0 Å². The van der Waals surface area contributed by atoms with Gasteiger partial charge in [0.1, 0.15) is 5.82 Å². The number of halogens is 2. The van der Waals surface area contributed by atoms with Gasteiger partial charge in [-0.25, -0.2) is 4.39 Å². The highest BCUT2D eigenvalue weighted by Gasteiger charge is 2.12. The van der Waals surface area contributed by atoms with E-state index in [1.807, 2.05) is 12.1 Å². The van der Waals surface area contributed by atoms with E-state index in [1.165, 1.54) is 12.1 Å². The summed E-state index contributed by atoms with van der Waals surface area (Å²) in [5.41, 5.74) is 2.81. The summed E-state index contributed by atoms with van der Waals surface area (Å²) in [7, 11) is 1.71. The molecular formula is C22H22BrFN4O2. The summed E-state index contributed by atoms with van der Waals surface area (Å²) in [5, 5.41) is 9.82. The van der Waals surface area contributed by atoms with Crippen molar-refractivity contribution in [2.75, 3.05) is 20.1 Å². The number of aromatic nitrogens is 2. The van der Waals surface area contributed by atoms with Crippen LogP contribution < -0.4 is 5.32 Å². The molecule has 8 heteroatoms. The number of hydrogen-bond acceptors (Lipinski definition) is 3. The molecule has 0 bridgehead atoms. The highest BCUT2D eigenvalue weighted by Crippen LogP contribution is 2.19. The summed E-state index contributed by atoms with van der Waals surface area (Å²) in [6.45, 7) is 0.482. The summed E-state index contributed by atoms with van der Waals surface area (Å²) in [6, 6.07) is 15.2. The van der Waals surface area contributed by atoms with Gasteiger partial charge >= 0.3 is 0 Å². The third-order valence-electron chi connectivity index (χ3n) is 4.60. The lowest BCUT2D eigenvalue weighted by molar-refractivity contribution is -0.128. The smallest absolute Gasteiger partial charge is 0.251 e. The Bertz CT molecular complexity index is 1040. The SMILES string of the molecule is CN(CCCc1cc(-c2cccc(F)c2)n[nH]1)C(=O)CNC(=O)c1cccc(Br)c1. The predicted molar refractivity (Wildman–Crippen MR) is 116 cm³/mol. The van der Waals surface area contributed by atoms with E-state index in [9.17, 15) is 14.0 Å². The Morgan fingerprint density at radius 1 is 1.17 bits per heavy atom. The number of carbonyl (C=O) groups is 2. The average Bonchev–Trinajstić information content (AvgIpc) is 3.20. The first kappa shape index (κ1) is 21.7. The average molecular weight is 473 g/mol. The zero-order chi connectivity index (χ0) is 21.5. The number of likely N-dealkylation sites (N-methyl/N-ethyl adjacent to an activating group) is 1. The lowest BCUT2D eigenvalue weighted by atomic mass is 10.1. The lowest BCUT2D eigenvalue weighted by Crippen LogP contribution is -2.38. The minimum atomic E-state index is -0.302. The maximum Gasteiger partial charge on any atom is 0.251 e. The highest BCUT2D eigenvalue weighted by atomic mass is 79.9. The Hall–Kier alpha value is -3.00. The number of nitrogens with zero attached hydrogens (tertiary/aromatic N) is 2. The second-order valence-electron chi connectivity index (χ2n) is 6.90. The molecule has 3 rings (SSSR count). The molecule has 6 nitrogen and oxygen atoms in total. The van der Waals surface area contributed by atoms with Crippen LogP contribution in [0.4, 0.5) is 4.39 Å². The second kappa shape index (κ2) is 10.2. The molecule has 0 spiro atoms. The zero-order valence-corrected chi connectivity index (χ0v) is 18.1. The van der Waals surface area contributed by atoms with Gasteiger partial charge in [0, 0.05) is 34.9 Å². The number of aryl methyl sites for hydroxylation is 1. The summed E-state index contributed by atoms with van der Waals surface area (Å²) >= 11 is 3.32. The molecular weight excluding hydrogens is 451 g/mol. The van der Waals surface area contributed by atoms with Crippen LogP contribution in [0, 0.1) is 5.82 Å². The molecule has 156 valence electrons. The highest BCUT2D eigenvalue weighted by molar-refractivity contribution is 9.10. The van der Waals surface area contributed by atoms with E-state index < -0.39 is 0 Å². The number of nitrogens with one attached hydrogen (secondary N) is 2. The number of amides is 2. The standard InChI is InChI=1S/C22H22BrFN4O2/c1-28(21(29)14-25-22(30)16-6-2-7-17(23)11-16)10-4-9-19-13-20(27-26-19)15-5-3-8-18(24)12-15/h2-3,5-8,11-13H,4,9-10,14H2,1H3,(H,25,30)(H,26,27). The number of carbonyl (C=O) groups excluding carboxylic acids is 2. The van der Waals surface area contributed by atoms with Gasteiger partial charge in [-0.3, -0.25) is 14.7 Å². The normalized spacial score (nSPS) is 10.6. The molecule has 30 heavy (non-hydrogen) atoms. The Morgan fingerprint density at radius 2 is 1.97 bits per heavy atom. The molecule has 0 fully saturated rings. The van der Waals surface area contributed by atoms with Crippen LogP contribution in [0.25, 0.3) is 11.3 Å². The van der Waals surface area contributed by atoms with Gasteiger partial charge in [-0.05, 0) is 49.2 Å². The van der Waals surface area contributed by atoms with E-state index in [1.54, 1.807) is 42.3 Å². The van der Waals surface area contributed by atoms with Crippen LogP contribution in [0.2, 0.25) is 0 Å². The van der Waals surface area contributed by atoms with Gasteiger partial charge in [-0.15, -0.1) is 0 Å². The van der Waals surface area contributed by atoms with E-state index in [4.69, 9.17) is 0 Å². The Balaban J connectivity index is 1.42. The van der Waals surface area contributed by atoms with Crippen molar-refractivity contribution in [3.8, 4) is 11.3 Å². The van der Waals surface area contributed by atoms with E-state index in [0.717, 1.165) is 16.6 Å². The Labute approximate surface area is 182 Å². The van der Waals surface area contributed by atoms with Gasteiger partial charge in [0.05, 0.1) is 12.2 Å². The quantitative estimate of drug-likeness (QED) is 0.523. The molecule has 0 saturated carbocycles. The van der Waals surface area contributed by atoms with E-state index in [-0.39, 0.29) is 24.2 Å². The monoisotopic (exact) mass is 472 g/mol. The molecule has 0 unspecified atom stereocenters. The van der Waals surface area contributed by atoms with Gasteiger partial charge in [0.25, 0.3) is 5.91 Å². The molecule has 2 aromatic carbocycles. The van der Waals surface area contributed by atoms with Crippen molar-refractivity contribution in [2.45, 2.75) is 12.8 Å². The summed E-state index contributed by atoms with van der Waals surface area (Å²) in [6.07, 6.45) is 1.43. The Morgan fingerprint density at radius 3 is 2.73 bits per heavy atom. The molecule has 1 aromatic heterocycles.